The maximum atomic E-state index is 14.0. The van der Waals surface area contributed by atoms with Gasteiger partial charge in [0.15, 0.2) is 0 Å². The highest BCUT2D eigenvalue weighted by Crippen LogP contribution is 2.48. The van der Waals surface area contributed by atoms with Crippen LogP contribution >= 0.6 is 7.37 Å². The maximum Gasteiger partial charge on any atom is 0.320 e. The minimum Gasteiger partial charge on any atom is -0.459 e. The number of benzene rings is 2. The fraction of sp³-hybridized carbons (Fsp3) is 0.622. The number of hydrogen-bond acceptors (Lipinski definition) is 14. The Hall–Kier alpha value is -2.53. The van der Waals surface area contributed by atoms with Crippen molar-refractivity contribution < 1.29 is 48.6 Å². The lowest BCUT2D eigenvalue weighted by Crippen LogP contribution is -2.44. The number of ether oxygens (including phenoxy) is 1. The number of rotatable bonds is 27. The Morgan fingerprint density at radius 2 is 1.20 bits per heavy atom. The molecule has 0 heterocycles. The van der Waals surface area contributed by atoms with Crippen LogP contribution in [0, 0.1) is 13.8 Å². The first-order valence-corrected chi connectivity index (χ1v) is 23.1. The highest BCUT2D eigenvalue weighted by molar-refractivity contribution is 7.87. The molecular formula is C37H60N3O11PS2. The summed E-state index contributed by atoms with van der Waals surface area (Å²) in [6.45, 7) is 13.8. The molecule has 54 heavy (non-hydrogen) atoms. The molecule has 2 aromatic rings. The topological polar surface area (TPSA) is 166 Å². The molecule has 306 valence electrons. The summed E-state index contributed by atoms with van der Waals surface area (Å²) < 4.78 is 87.2. The van der Waals surface area contributed by atoms with Crippen molar-refractivity contribution in [3.8, 4) is 0 Å². The molecule has 0 saturated carbocycles. The lowest BCUT2D eigenvalue weighted by atomic mass is 10.2. The maximum absolute atomic E-state index is 14.0. The molecule has 0 N–H and O–H groups in total. The summed E-state index contributed by atoms with van der Waals surface area (Å²) in [6.07, 6.45) is 2.73. The van der Waals surface area contributed by atoms with Crippen LogP contribution in [0.25, 0.3) is 0 Å². The highest BCUT2D eigenvalue weighted by Gasteiger charge is 2.27. The Morgan fingerprint density at radius 1 is 0.741 bits per heavy atom. The van der Waals surface area contributed by atoms with Gasteiger partial charge in [0.25, 0.3) is 20.2 Å². The monoisotopic (exact) mass is 817 g/mol. The normalized spacial score (nSPS) is 13.7. The second kappa shape index (κ2) is 22.9. The van der Waals surface area contributed by atoms with Gasteiger partial charge < -0.3 is 14.1 Å². The van der Waals surface area contributed by atoms with Gasteiger partial charge in [0.1, 0.15) is 11.9 Å². The van der Waals surface area contributed by atoms with Crippen molar-refractivity contribution in [1.29, 1.82) is 0 Å². The Balaban J connectivity index is 2.23. The van der Waals surface area contributed by atoms with E-state index in [1.54, 1.807) is 61.8 Å². The first-order chi connectivity index (χ1) is 25.3. The van der Waals surface area contributed by atoms with E-state index in [1.807, 2.05) is 25.7 Å². The van der Waals surface area contributed by atoms with Crippen LogP contribution in [0.1, 0.15) is 58.6 Å². The zero-order valence-corrected chi connectivity index (χ0v) is 35.4. The third-order valence-corrected chi connectivity index (χ3v) is 13.3. The predicted octanol–water partition coefficient (Wildman–Crippen LogP) is 4.93. The zero-order valence-electron chi connectivity index (χ0n) is 32.9. The van der Waals surface area contributed by atoms with Crippen LogP contribution < -0.4 is 0 Å². The average Bonchev–Trinajstić information content (AvgIpc) is 3.07. The van der Waals surface area contributed by atoms with Crippen LogP contribution in [0.4, 0.5) is 0 Å². The molecule has 1 atom stereocenters. The molecule has 0 spiro atoms. The van der Waals surface area contributed by atoms with Crippen molar-refractivity contribution in [3.63, 3.8) is 0 Å². The van der Waals surface area contributed by atoms with E-state index in [0.29, 0.717) is 32.2 Å². The molecule has 0 aliphatic carbocycles. The first-order valence-electron chi connectivity index (χ1n) is 18.3. The van der Waals surface area contributed by atoms with Crippen molar-refractivity contribution in [2.75, 3.05) is 84.6 Å². The van der Waals surface area contributed by atoms with Crippen molar-refractivity contribution >= 4 is 39.9 Å². The van der Waals surface area contributed by atoms with Gasteiger partial charge in [-0.15, -0.1) is 0 Å². The molecule has 2 aromatic carbocycles. The summed E-state index contributed by atoms with van der Waals surface area (Å²) in [6, 6.07) is 12.6. The minimum atomic E-state index is -4.05. The van der Waals surface area contributed by atoms with Gasteiger partial charge in [-0.25, -0.2) is 0 Å². The van der Waals surface area contributed by atoms with Crippen LogP contribution in [0.2, 0.25) is 0 Å². The third-order valence-electron chi connectivity index (χ3n) is 8.11. The van der Waals surface area contributed by atoms with Gasteiger partial charge in [0.05, 0.1) is 49.0 Å². The van der Waals surface area contributed by atoms with E-state index in [-0.39, 0.29) is 68.6 Å². The number of esters is 1. The van der Waals surface area contributed by atoms with E-state index in [1.165, 1.54) is 24.3 Å². The molecule has 0 aliphatic heterocycles. The summed E-state index contributed by atoms with van der Waals surface area (Å²) in [5.74, 6) is -0.504. The smallest absolute Gasteiger partial charge is 0.320 e. The fourth-order valence-electron chi connectivity index (χ4n) is 5.26. The molecule has 0 bridgehead atoms. The molecule has 0 fully saturated rings. The Labute approximate surface area is 323 Å². The number of nitrogens with zero attached hydrogens (tertiary/aromatic N) is 3. The number of aryl methyl sites for hydroxylation is 2. The van der Waals surface area contributed by atoms with Crippen molar-refractivity contribution in [3.05, 3.63) is 59.7 Å². The number of hydrogen-bond donors (Lipinski definition) is 0. The van der Waals surface area contributed by atoms with Crippen LogP contribution in [0.5, 0.6) is 0 Å². The summed E-state index contributed by atoms with van der Waals surface area (Å²) in [5.41, 5.74) is 1.07. The number of aldehydes is 1. The van der Waals surface area contributed by atoms with E-state index in [4.69, 9.17) is 17.6 Å². The molecule has 0 amide bonds. The second-order valence-corrected chi connectivity index (χ2v) is 19.9. The van der Waals surface area contributed by atoms with Gasteiger partial charge in [0.2, 0.25) is 7.37 Å². The molecule has 0 aromatic heterocycles. The molecule has 14 nitrogen and oxygen atoms in total. The molecule has 17 heteroatoms. The average molecular weight is 818 g/mol. The fourth-order valence-corrected chi connectivity index (χ4v) is 9.57. The number of unbranched alkanes of at least 4 members (excludes halogenated alkanes) is 1. The molecule has 1 unspecified atom stereocenters. The molecule has 0 saturated heterocycles. The molecule has 0 aliphatic rings. The summed E-state index contributed by atoms with van der Waals surface area (Å²) in [4.78, 5) is 30.0. The molecule has 2 rings (SSSR count). The number of carbonyl (C=O) groups is 2. The predicted molar refractivity (Wildman–Crippen MR) is 209 cm³/mol. The standard InChI is InChI=1S/C37H60N3O11PS2/c1-8-10-29-52(43,48-9-2)31-40(21-19-38(23-26-41)24-27-49-53(44,45)34-15-11-32(3)12-16-34)22-20-39(30-36(42)51-37(5,6)7)25-28-50-54(46,47)35-17-13-33(4)14-18-35/h11-18,26H,8-10,19-25,27-31H2,1-7H3. The molecular weight excluding hydrogens is 758 g/mol. The Bertz CT molecular complexity index is 1700. The van der Waals surface area contributed by atoms with E-state index in [2.05, 4.69) is 0 Å². The Morgan fingerprint density at radius 3 is 1.65 bits per heavy atom. The lowest BCUT2D eigenvalue weighted by Gasteiger charge is -2.32. The first kappa shape index (κ1) is 47.6. The summed E-state index contributed by atoms with van der Waals surface area (Å²) >= 11 is 0. The third kappa shape index (κ3) is 18.4. The summed E-state index contributed by atoms with van der Waals surface area (Å²) in [5, 5.41) is 0. The van der Waals surface area contributed by atoms with Crippen molar-refractivity contribution in [2.24, 2.45) is 0 Å². The minimum absolute atomic E-state index is 0.0122. The lowest BCUT2D eigenvalue weighted by molar-refractivity contribution is -0.156. The van der Waals surface area contributed by atoms with Crippen molar-refractivity contribution in [1.82, 2.24) is 14.7 Å². The van der Waals surface area contributed by atoms with Gasteiger partial charge in [-0.2, -0.15) is 16.8 Å². The van der Waals surface area contributed by atoms with Crippen LogP contribution in [0.3, 0.4) is 0 Å². The SMILES string of the molecule is CCCCP(=O)(CN(CCN(CC=O)CCOS(=O)(=O)c1ccc(C)cc1)CCN(CCOS(=O)(=O)c1ccc(C)cc1)CC(=O)OC(C)(C)C)OCC. The highest BCUT2D eigenvalue weighted by atomic mass is 32.2. The van der Waals surface area contributed by atoms with E-state index < -0.39 is 39.2 Å². The molecule has 0 radical (unpaired) electrons. The van der Waals surface area contributed by atoms with Gasteiger partial charge in [-0.1, -0.05) is 48.7 Å². The van der Waals surface area contributed by atoms with Gasteiger partial charge >= 0.3 is 5.97 Å². The van der Waals surface area contributed by atoms with E-state index in [9.17, 15) is 31.0 Å². The quantitative estimate of drug-likeness (QED) is 0.0516. The van der Waals surface area contributed by atoms with Gasteiger partial charge in [-0.3, -0.25) is 32.4 Å². The zero-order chi connectivity index (χ0) is 40.4. The van der Waals surface area contributed by atoms with E-state index in [0.717, 1.165) is 23.8 Å². The van der Waals surface area contributed by atoms with Gasteiger partial charge in [-0.05, 0) is 72.2 Å². The Kier molecular flexibility index (Phi) is 20.2. The van der Waals surface area contributed by atoms with Crippen LogP contribution in [-0.2, 0) is 52.0 Å². The van der Waals surface area contributed by atoms with Crippen LogP contribution in [0.15, 0.2) is 58.3 Å². The largest absolute Gasteiger partial charge is 0.459 e. The number of carbonyl (C=O) groups excluding carboxylic acids is 2. The second-order valence-electron chi connectivity index (χ2n) is 14.1. The van der Waals surface area contributed by atoms with Crippen LogP contribution in [-0.4, -0.2) is 134 Å². The van der Waals surface area contributed by atoms with E-state index >= 15 is 0 Å². The van der Waals surface area contributed by atoms with Crippen molar-refractivity contribution in [2.45, 2.75) is 76.7 Å². The van der Waals surface area contributed by atoms with Gasteiger partial charge in [0, 0.05) is 45.4 Å². The summed E-state index contributed by atoms with van der Waals surface area (Å²) in [7, 11) is -11.2.